The van der Waals surface area contributed by atoms with Gasteiger partial charge in [-0.05, 0) is 14.1 Å². The molecule has 1 aliphatic heterocycles. The Kier molecular flexibility index (Phi) is 2.09. The van der Waals surface area contributed by atoms with Gasteiger partial charge >= 0.3 is 6.03 Å². The van der Waals surface area contributed by atoms with Crippen LogP contribution in [0, 0.1) is 0 Å². The Hall–Kier alpha value is -1.43. The van der Waals surface area contributed by atoms with Crippen LogP contribution in [0.1, 0.15) is 0 Å². The highest BCUT2D eigenvalue weighted by atomic mass is 16.2. The van der Waals surface area contributed by atoms with Gasteiger partial charge in [0.2, 0.25) is 0 Å². The van der Waals surface area contributed by atoms with E-state index < -0.39 is 23.9 Å². The van der Waals surface area contributed by atoms with Crippen molar-refractivity contribution >= 4 is 17.8 Å². The van der Waals surface area contributed by atoms with Gasteiger partial charge in [0.25, 0.3) is 11.8 Å². The van der Waals surface area contributed by atoms with Crippen LogP contribution in [-0.2, 0) is 9.59 Å². The van der Waals surface area contributed by atoms with Crippen LogP contribution < -0.4 is 10.6 Å². The minimum atomic E-state index is -0.914. The van der Waals surface area contributed by atoms with Crippen molar-refractivity contribution in [2.24, 2.45) is 0 Å². The fourth-order valence-corrected chi connectivity index (χ4v) is 0.980. The van der Waals surface area contributed by atoms with Gasteiger partial charge in [-0.25, -0.2) is 4.79 Å². The number of nitrogens with zero attached hydrogens (tertiary/aromatic N) is 1. The lowest BCUT2D eigenvalue weighted by Crippen LogP contribution is -2.62. The van der Waals surface area contributed by atoms with Crippen molar-refractivity contribution in [1.82, 2.24) is 15.5 Å². The van der Waals surface area contributed by atoms with E-state index in [-0.39, 0.29) is 0 Å². The number of rotatable bonds is 1. The van der Waals surface area contributed by atoms with Gasteiger partial charge in [-0.1, -0.05) is 0 Å². The summed E-state index contributed by atoms with van der Waals surface area (Å²) < 4.78 is 0. The maximum Gasteiger partial charge on any atom is 0.328 e. The molecule has 66 valence electrons. The Labute approximate surface area is 68.9 Å². The first-order valence-electron chi connectivity index (χ1n) is 3.34. The average Bonchev–Trinajstić information content (AvgIpc) is 1.82. The number of amides is 4. The minimum Gasteiger partial charge on any atom is -0.290 e. The van der Waals surface area contributed by atoms with Crippen molar-refractivity contribution in [3.63, 3.8) is 0 Å². The topological polar surface area (TPSA) is 78.5 Å². The van der Waals surface area contributed by atoms with Crippen LogP contribution in [-0.4, -0.2) is 42.9 Å². The fourth-order valence-electron chi connectivity index (χ4n) is 0.980. The third kappa shape index (κ3) is 1.42. The molecule has 0 aromatic heterocycles. The molecule has 0 atom stereocenters. The monoisotopic (exact) mass is 171 g/mol. The molecular formula is C6H9N3O3. The maximum absolute atomic E-state index is 11.0. The first-order chi connectivity index (χ1) is 5.52. The van der Waals surface area contributed by atoms with Gasteiger partial charge in [0.15, 0.2) is 6.04 Å². The lowest BCUT2D eigenvalue weighted by Gasteiger charge is -2.25. The lowest BCUT2D eigenvalue weighted by molar-refractivity contribution is -0.136. The number of barbiturate groups is 1. The summed E-state index contributed by atoms with van der Waals surface area (Å²) in [6.07, 6.45) is 0. The standard InChI is InChI=1S/C6H9N3O3/c1-9(2)3-4(10)7-6(12)8-5(3)11/h3H,1-2H3,(H2,7,8,10,11,12). The van der Waals surface area contributed by atoms with Gasteiger partial charge < -0.3 is 0 Å². The molecular weight excluding hydrogens is 162 g/mol. The quantitative estimate of drug-likeness (QED) is 0.460. The van der Waals surface area contributed by atoms with E-state index in [0.29, 0.717) is 0 Å². The van der Waals surface area contributed by atoms with Crippen LogP contribution in [0.5, 0.6) is 0 Å². The number of imide groups is 2. The maximum atomic E-state index is 11.0. The number of urea groups is 1. The average molecular weight is 171 g/mol. The number of hydrogen-bond acceptors (Lipinski definition) is 4. The largest absolute Gasteiger partial charge is 0.328 e. The van der Waals surface area contributed by atoms with Gasteiger partial charge in [-0.2, -0.15) is 0 Å². The SMILES string of the molecule is CN(C)C1C(=O)NC(=O)NC1=O. The van der Waals surface area contributed by atoms with Crippen LogP contribution in [0.15, 0.2) is 0 Å². The molecule has 2 N–H and O–H groups in total. The van der Waals surface area contributed by atoms with Crippen molar-refractivity contribution in [3.8, 4) is 0 Å². The number of nitrogens with one attached hydrogen (secondary N) is 2. The molecule has 1 fully saturated rings. The second-order valence-electron chi connectivity index (χ2n) is 2.67. The van der Waals surface area contributed by atoms with E-state index in [0.717, 1.165) is 0 Å². The molecule has 0 aliphatic carbocycles. The Morgan fingerprint density at radius 2 is 1.50 bits per heavy atom. The number of hydrogen-bond donors (Lipinski definition) is 2. The molecule has 0 saturated carbocycles. The van der Waals surface area contributed by atoms with E-state index in [2.05, 4.69) is 0 Å². The zero-order valence-corrected chi connectivity index (χ0v) is 6.75. The Balaban J connectivity index is 2.81. The highest BCUT2D eigenvalue weighted by Crippen LogP contribution is 1.97. The molecule has 6 heteroatoms. The highest BCUT2D eigenvalue weighted by Gasteiger charge is 2.35. The molecule has 0 unspecified atom stereocenters. The van der Waals surface area contributed by atoms with E-state index in [9.17, 15) is 14.4 Å². The third-order valence-corrected chi connectivity index (χ3v) is 1.49. The van der Waals surface area contributed by atoms with Crippen LogP contribution >= 0.6 is 0 Å². The van der Waals surface area contributed by atoms with E-state index in [1.807, 2.05) is 10.6 Å². The van der Waals surface area contributed by atoms with Crippen molar-refractivity contribution < 1.29 is 14.4 Å². The third-order valence-electron chi connectivity index (χ3n) is 1.49. The van der Waals surface area contributed by atoms with Crippen molar-refractivity contribution in [2.45, 2.75) is 6.04 Å². The molecule has 0 radical (unpaired) electrons. The van der Waals surface area contributed by atoms with E-state index >= 15 is 0 Å². The second-order valence-corrected chi connectivity index (χ2v) is 2.67. The Bertz CT molecular complexity index is 228. The van der Waals surface area contributed by atoms with Crippen LogP contribution in [0.2, 0.25) is 0 Å². The first-order valence-corrected chi connectivity index (χ1v) is 3.34. The molecule has 0 bridgehead atoms. The van der Waals surface area contributed by atoms with Gasteiger partial charge in [-0.3, -0.25) is 25.1 Å². The summed E-state index contributed by atoms with van der Waals surface area (Å²) in [5, 5.41) is 3.98. The summed E-state index contributed by atoms with van der Waals surface area (Å²) in [5.74, 6) is -1.18. The second kappa shape index (κ2) is 2.90. The summed E-state index contributed by atoms with van der Waals surface area (Å²) in [6.45, 7) is 0. The minimum absolute atomic E-state index is 0.589. The molecule has 1 saturated heterocycles. The molecule has 1 rings (SSSR count). The van der Waals surface area contributed by atoms with Crippen LogP contribution in [0.4, 0.5) is 4.79 Å². The van der Waals surface area contributed by atoms with Gasteiger partial charge in [0, 0.05) is 0 Å². The fraction of sp³-hybridized carbons (Fsp3) is 0.500. The highest BCUT2D eigenvalue weighted by molar-refractivity contribution is 6.18. The Morgan fingerprint density at radius 3 is 1.83 bits per heavy atom. The predicted molar refractivity (Wildman–Crippen MR) is 39.2 cm³/mol. The van der Waals surface area contributed by atoms with Crippen LogP contribution in [0.3, 0.4) is 0 Å². The van der Waals surface area contributed by atoms with E-state index in [1.165, 1.54) is 4.90 Å². The summed E-state index contributed by atoms with van der Waals surface area (Å²) in [7, 11) is 3.17. The van der Waals surface area contributed by atoms with E-state index in [4.69, 9.17) is 0 Å². The first kappa shape index (κ1) is 8.66. The van der Waals surface area contributed by atoms with Gasteiger partial charge in [-0.15, -0.1) is 0 Å². The van der Waals surface area contributed by atoms with Crippen LogP contribution in [0.25, 0.3) is 0 Å². The number of carbonyl (C=O) groups is 3. The molecule has 0 aromatic carbocycles. The van der Waals surface area contributed by atoms with Gasteiger partial charge in [0.05, 0.1) is 0 Å². The summed E-state index contributed by atoms with van der Waals surface area (Å²) in [5.41, 5.74) is 0. The summed E-state index contributed by atoms with van der Waals surface area (Å²) >= 11 is 0. The molecule has 0 aromatic rings. The normalized spacial score (nSPS) is 19.4. The molecule has 0 spiro atoms. The van der Waals surface area contributed by atoms with Crippen molar-refractivity contribution in [1.29, 1.82) is 0 Å². The van der Waals surface area contributed by atoms with Gasteiger partial charge in [0.1, 0.15) is 0 Å². The lowest BCUT2D eigenvalue weighted by atomic mass is 10.2. The van der Waals surface area contributed by atoms with Crippen molar-refractivity contribution in [2.75, 3.05) is 14.1 Å². The molecule has 6 nitrogen and oxygen atoms in total. The Morgan fingerprint density at radius 1 is 1.08 bits per heavy atom. The van der Waals surface area contributed by atoms with Crippen molar-refractivity contribution in [3.05, 3.63) is 0 Å². The predicted octanol–water partition coefficient (Wildman–Crippen LogP) is -1.72. The molecule has 1 heterocycles. The molecule has 1 aliphatic rings. The number of carbonyl (C=O) groups excluding carboxylic acids is 3. The summed E-state index contributed by atoms with van der Waals surface area (Å²) in [4.78, 5) is 34.0. The zero-order valence-electron chi connectivity index (χ0n) is 6.75. The molecule has 12 heavy (non-hydrogen) atoms. The number of likely N-dealkylation sites (N-methyl/N-ethyl adjacent to an activating group) is 1. The van der Waals surface area contributed by atoms with E-state index in [1.54, 1.807) is 14.1 Å². The zero-order chi connectivity index (χ0) is 9.30. The summed E-state index contributed by atoms with van der Waals surface area (Å²) in [6, 6.07) is -1.68. The molecule has 4 amide bonds. The smallest absolute Gasteiger partial charge is 0.290 e.